The Kier molecular flexibility index (Phi) is 3.65. The van der Waals surface area contributed by atoms with Gasteiger partial charge in [-0.1, -0.05) is 6.92 Å². The van der Waals surface area contributed by atoms with Crippen LogP contribution in [0.4, 0.5) is 0 Å². The van der Waals surface area contributed by atoms with Gasteiger partial charge in [-0.2, -0.15) is 0 Å². The van der Waals surface area contributed by atoms with Gasteiger partial charge in [-0.3, -0.25) is 0 Å². The third kappa shape index (κ3) is 2.05. The van der Waals surface area contributed by atoms with Crippen molar-refractivity contribution in [2.75, 3.05) is 6.61 Å². The van der Waals surface area contributed by atoms with Gasteiger partial charge < -0.3 is 24.8 Å². The van der Waals surface area contributed by atoms with E-state index in [9.17, 15) is 20.1 Å². The van der Waals surface area contributed by atoms with Gasteiger partial charge in [0.2, 0.25) is 0 Å². The van der Waals surface area contributed by atoms with Crippen molar-refractivity contribution < 1.29 is 29.6 Å². The summed E-state index contributed by atoms with van der Waals surface area (Å²) in [6, 6.07) is 0. The Morgan fingerprint density at radius 1 is 1.03 bits per heavy atom. The summed E-state index contributed by atoms with van der Waals surface area (Å²) in [5.74, 6) is 0.527. The third-order valence-electron chi connectivity index (χ3n) is 10.3. The molecule has 6 rings (SSSR count). The first-order valence-corrected chi connectivity index (χ1v) is 11.4. The average molecular weight is 405 g/mol. The maximum atomic E-state index is 11.7. The standard InChI is InChI=1S/C23H32O6/c1-20-6-5-17-22-7-4-14(24)11-21(22,27)8-9-23(17,29-19(22)26)16(20)3-2-15(20)13-10-18(25)28-12-13/h10,14-17,19,24,26-27H,2-9,11-12H2,1H3. The van der Waals surface area contributed by atoms with E-state index in [1.807, 2.05) is 0 Å². The van der Waals surface area contributed by atoms with Crippen LogP contribution in [0.3, 0.4) is 0 Å². The molecule has 2 aliphatic heterocycles. The summed E-state index contributed by atoms with van der Waals surface area (Å²) < 4.78 is 11.8. The van der Waals surface area contributed by atoms with Crippen LogP contribution in [0.5, 0.6) is 0 Å². The molecule has 2 bridgehead atoms. The summed E-state index contributed by atoms with van der Waals surface area (Å²) in [5, 5.41) is 33.1. The highest BCUT2D eigenvalue weighted by atomic mass is 16.6. The number of esters is 1. The molecule has 160 valence electrons. The van der Waals surface area contributed by atoms with Crippen molar-refractivity contribution in [1.82, 2.24) is 0 Å². The minimum absolute atomic E-state index is 0.0190. The number of aliphatic hydroxyl groups excluding tert-OH is 2. The molecule has 6 aliphatic rings. The van der Waals surface area contributed by atoms with Gasteiger partial charge in [0.05, 0.1) is 22.7 Å². The summed E-state index contributed by atoms with van der Waals surface area (Å²) in [7, 11) is 0. The Morgan fingerprint density at radius 3 is 2.62 bits per heavy atom. The van der Waals surface area contributed by atoms with Crippen molar-refractivity contribution >= 4 is 5.97 Å². The molecule has 4 saturated carbocycles. The third-order valence-corrected chi connectivity index (χ3v) is 10.3. The van der Waals surface area contributed by atoms with E-state index in [0.29, 0.717) is 44.1 Å². The lowest BCUT2D eigenvalue weighted by molar-refractivity contribution is -0.231. The smallest absolute Gasteiger partial charge is 0.331 e. The van der Waals surface area contributed by atoms with Crippen molar-refractivity contribution in [3.05, 3.63) is 11.6 Å². The van der Waals surface area contributed by atoms with Crippen molar-refractivity contribution in [3.63, 3.8) is 0 Å². The van der Waals surface area contributed by atoms with Gasteiger partial charge in [0.1, 0.15) is 6.61 Å². The number of carbonyl (C=O) groups excluding carboxylic acids is 1. The molecule has 0 aromatic rings. The zero-order chi connectivity index (χ0) is 20.2. The number of aliphatic hydroxyl groups is 3. The predicted octanol–water partition coefficient (Wildman–Crippen LogP) is 2.06. The Morgan fingerprint density at radius 2 is 1.86 bits per heavy atom. The molecule has 29 heavy (non-hydrogen) atoms. The van der Waals surface area contributed by atoms with Gasteiger partial charge in [0.25, 0.3) is 0 Å². The maximum Gasteiger partial charge on any atom is 0.331 e. The molecule has 3 N–H and O–H groups in total. The topological polar surface area (TPSA) is 96.2 Å². The van der Waals surface area contributed by atoms with Crippen LogP contribution < -0.4 is 0 Å². The van der Waals surface area contributed by atoms with E-state index in [1.54, 1.807) is 6.08 Å². The van der Waals surface area contributed by atoms with Gasteiger partial charge in [-0.25, -0.2) is 4.79 Å². The number of rotatable bonds is 1. The number of ether oxygens (including phenoxy) is 2. The second-order valence-corrected chi connectivity index (χ2v) is 11.0. The Balaban J connectivity index is 1.40. The zero-order valence-corrected chi connectivity index (χ0v) is 17.1. The van der Waals surface area contributed by atoms with Crippen LogP contribution in [0.2, 0.25) is 0 Å². The maximum absolute atomic E-state index is 11.7. The number of carbonyl (C=O) groups is 1. The molecule has 1 spiro atoms. The van der Waals surface area contributed by atoms with Crippen LogP contribution >= 0.6 is 0 Å². The molecule has 6 heteroatoms. The van der Waals surface area contributed by atoms with Crippen molar-refractivity contribution in [2.45, 2.75) is 88.3 Å². The first kappa shape index (κ1) is 18.8. The van der Waals surface area contributed by atoms with Crippen LogP contribution in [0, 0.1) is 28.6 Å². The quantitative estimate of drug-likeness (QED) is 0.579. The van der Waals surface area contributed by atoms with Gasteiger partial charge in [0.15, 0.2) is 6.29 Å². The lowest BCUT2D eigenvalue weighted by Gasteiger charge is -2.63. The largest absolute Gasteiger partial charge is 0.458 e. The summed E-state index contributed by atoms with van der Waals surface area (Å²) in [6.45, 7) is 2.75. The molecule has 5 fully saturated rings. The number of fused-ring (bicyclic) bond motifs is 1. The predicted molar refractivity (Wildman–Crippen MR) is 102 cm³/mol. The van der Waals surface area contributed by atoms with Crippen LogP contribution in [0.1, 0.15) is 64.7 Å². The van der Waals surface area contributed by atoms with E-state index in [2.05, 4.69) is 6.92 Å². The monoisotopic (exact) mass is 404 g/mol. The van der Waals surface area contributed by atoms with E-state index in [-0.39, 0.29) is 17.3 Å². The Hall–Kier alpha value is -0.950. The highest BCUT2D eigenvalue weighted by Crippen LogP contribution is 2.75. The van der Waals surface area contributed by atoms with E-state index in [1.165, 1.54) is 0 Å². The molecule has 9 unspecified atom stereocenters. The molecule has 9 atom stereocenters. The molecule has 6 nitrogen and oxygen atoms in total. The first-order valence-electron chi connectivity index (χ1n) is 11.4. The van der Waals surface area contributed by atoms with Crippen molar-refractivity contribution in [3.8, 4) is 0 Å². The van der Waals surface area contributed by atoms with Gasteiger partial charge in [0, 0.05) is 18.4 Å². The lowest BCUT2D eigenvalue weighted by atomic mass is 9.42. The summed E-state index contributed by atoms with van der Waals surface area (Å²) >= 11 is 0. The fourth-order valence-corrected chi connectivity index (χ4v) is 9.19. The molecule has 0 radical (unpaired) electrons. The lowest BCUT2D eigenvalue weighted by Crippen LogP contribution is -2.67. The van der Waals surface area contributed by atoms with Crippen molar-refractivity contribution in [1.29, 1.82) is 0 Å². The Labute approximate surface area is 171 Å². The molecular formula is C23H32O6. The number of hydrogen-bond acceptors (Lipinski definition) is 6. The van der Waals surface area contributed by atoms with E-state index < -0.39 is 29.0 Å². The molecule has 1 saturated heterocycles. The highest BCUT2D eigenvalue weighted by molar-refractivity contribution is 5.85. The van der Waals surface area contributed by atoms with E-state index in [0.717, 1.165) is 37.7 Å². The average Bonchev–Trinajstić information content (AvgIpc) is 3.29. The van der Waals surface area contributed by atoms with Crippen molar-refractivity contribution in [2.24, 2.45) is 28.6 Å². The molecule has 0 amide bonds. The zero-order valence-electron chi connectivity index (χ0n) is 17.1. The minimum Gasteiger partial charge on any atom is -0.458 e. The van der Waals surface area contributed by atoms with Gasteiger partial charge in [-0.15, -0.1) is 0 Å². The van der Waals surface area contributed by atoms with E-state index >= 15 is 0 Å². The SMILES string of the molecule is CC12CCC3C4(CCC5(O)CC(O)CCC35C(O)O4)C1CCC2C1=CC(=O)OC1. The van der Waals surface area contributed by atoms with Crippen LogP contribution in [0.15, 0.2) is 11.6 Å². The Bertz CT molecular complexity index is 794. The molecule has 4 aliphatic carbocycles. The minimum atomic E-state index is -1.05. The fraction of sp³-hybridized carbons (Fsp3) is 0.870. The molecule has 0 aromatic carbocycles. The second kappa shape index (κ2) is 5.64. The van der Waals surface area contributed by atoms with E-state index in [4.69, 9.17) is 9.47 Å². The normalized spacial score (nSPS) is 58.3. The molecule has 0 aromatic heterocycles. The van der Waals surface area contributed by atoms with Crippen LogP contribution in [-0.4, -0.2) is 51.5 Å². The number of cyclic esters (lactones) is 1. The van der Waals surface area contributed by atoms with Crippen LogP contribution in [-0.2, 0) is 14.3 Å². The highest BCUT2D eigenvalue weighted by Gasteiger charge is 2.79. The fourth-order valence-electron chi connectivity index (χ4n) is 9.19. The summed E-state index contributed by atoms with van der Waals surface area (Å²) in [4.78, 5) is 11.7. The molecular weight excluding hydrogens is 372 g/mol. The second-order valence-electron chi connectivity index (χ2n) is 11.0. The first-order chi connectivity index (χ1) is 13.8. The van der Waals surface area contributed by atoms with Gasteiger partial charge in [-0.05, 0) is 74.2 Å². The summed E-state index contributed by atoms with van der Waals surface area (Å²) in [6.07, 6.45) is 7.10. The molecule has 2 heterocycles. The number of hydrogen-bond donors (Lipinski definition) is 3. The summed E-state index contributed by atoms with van der Waals surface area (Å²) in [5.41, 5.74) is -0.967. The van der Waals surface area contributed by atoms with Crippen LogP contribution in [0.25, 0.3) is 0 Å². The van der Waals surface area contributed by atoms with Gasteiger partial charge >= 0.3 is 5.97 Å².